The quantitative estimate of drug-likeness (QED) is 0.936. The summed E-state index contributed by atoms with van der Waals surface area (Å²) in [7, 11) is 0. The van der Waals surface area contributed by atoms with Crippen LogP contribution in [0.1, 0.15) is 58.3 Å². The molecule has 1 saturated heterocycles. The van der Waals surface area contributed by atoms with Crippen LogP contribution in [-0.2, 0) is 5.41 Å². The third-order valence-corrected chi connectivity index (χ3v) is 4.77. The van der Waals surface area contributed by atoms with Crippen molar-refractivity contribution in [2.45, 2.75) is 57.9 Å². The molecule has 0 aromatic carbocycles. The number of imidazole rings is 1. The summed E-state index contributed by atoms with van der Waals surface area (Å²) in [6.07, 6.45) is 8.58. The minimum Gasteiger partial charge on any atom is -0.325 e. The topological polar surface area (TPSA) is 42.7 Å². The highest BCUT2D eigenvalue weighted by molar-refractivity contribution is 5.75. The molecule has 1 aliphatic heterocycles. The van der Waals surface area contributed by atoms with E-state index in [0.717, 1.165) is 18.6 Å². The van der Waals surface area contributed by atoms with Crippen molar-refractivity contribution in [2.24, 2.45) is 0 Å². The zero-order valence-corrected chi connectivity index (χ0v) is 13.4. The lowest BCUT2D eigenvalue weighted by Crippen LogP contribution is -2.41. The first-order valence-electron chi connectivity index (χ1n) is 8.21. The van der Waals surface area contributed by atoms with Gasteiger partial charge in [0.15, 0.2) is 0 Å². The second kappa shape index (κ2) is 5.76. The lowest BCUT2D eigenvalue weighted by Gasteiger charge is -2.38. The predicted molar refractivity (Wildman–Crippen MR) is 86.6 cm³/mol. The van der Waals surface area contributed by atoms with E-state index in [-0.39, 0.29) is 5.41 Å². The SMILES string of the molecule is CCCC1(c2nc3cnccc3n2C(C)C)CCNCC1. The third kappa shape index (κ3) is 2.46. The molecule has 1 fully saturated rings. The second-order valence-corrected chi connectivity index (χ2v) is 6.54. The zero-order chi connectivity index (χ0) is 14.9. The summed E-state index contributed by atoms with van der Waals surface area (Å²) < 4.78 is 2.44. The van der Waals surface area contributed by atoms with Crippen LogP contribution in [0.3, 0.4) is 0 Å². The molecule has 3 heterocycles. The van der Waals surface area contributed by atoms with Crippen molar-refractivity contribution in [1.29, 1.82) is 0 Å². The number of nitrogens with zero attached hydrogens (tertiary/aromatic N) is 3. The van der Waals surface area contributed by atoms with Crippen molar-refractivity contribution in [3.63, 3.8) is 0 Å². The molecule has 4 heteroatoms. The molecule has 0 unspecified atom stereocenters. The van der Waals surface area contributed by atoms with E-state index < -0.39 is 0 Å². The molecule has 2 aromatic rings. The fourth-order valence-corrected chi connectivity index (χ4v) is 3.82. The minimum atomic E-state index is 0.225. The van der Waals surface area contributed by atoms with Gasteiger partial charge >= 0.3 is 0 Å². The van der Waals surface area contributed by atoms with Crippen molar-refractivity contribution in [1.82, 2.24) is 19.9 Å². The first-order chi connectivity index (χ1) is 10.2. The van der Waals surface area contributed by atoms with Gasteiger partial charge in [-0.3, -0.25) is 4.98 Å². The van der Waals surface area contributed by atoms with Crippen LogP contribution >= 0.6 is 0 Å². The molecule has 1 aliphatic rings. The summed E-state index contributed by atoms with van der Waals surface area (Å²) >= 11 is 0. The molecule has 0 atom stereocenters. The molecule has 3 rings (SSSR count). The van der Waals surface area contributed by atoms with Crippen molar-refractivity contribution in [3.05, 3.63) is 24.3 Å². The number of nitrogens with one attached hydrogen (secondary N) is 1. The molecule has 21 heavy (non-hydrogen) atoms. The number of rotatable bonds is 4. The van der Waals surface area contributed by atoms with Crippen LogP contribution in [0.5, 0.6) is 0 Å². The summed E-state index contributed by atoms with van der Waals surface area (Å²) in [6.45, 7) is 8.99. The molecule has 114 valence electrons. The van der Waals surface area contributed by atoms with Crippen LogP contribution in [-0.4, -0.2) is 27.6 Å². The summed E-state index contributed by atoms with van der Waals surface area (Å²) in [5.74, 6) is 1.28. The predicted octanol–water partition coefficient (Wildman–Crippen LogP) is 3.43. The monoisotopic (exact) mass is 286 g/mol. The number of fused-ring (bicyclic) bond motifs is 1. The number of aromatic nitrogens is 3. The van der Waals surface area contributed by atoms with E-state index in [9.17, 15) is 0 Å². The molecular weight excluding hydrogens is 260 g/mol. The average molecular weight is 286 g/mol. The highest BCUT2D eigenvalue weighted by Gasteiger charge is 2.38. The molecule has 1 N–H and O–H groups in total. The van der Waals surface area contributed by atoms with Gasteiger partial charge in [0, 0.05) is 17.7 Å². The van der Waals surface area contributed by atoms with E-state index in [1.807, 2.05) is 12.4 Å². The van der Waals surface area contributed by atoms with Crippen LogP contribution in [0.4, 0.5) is 0 Å². The maximum atomic E-state index is 5.02. The maximum Gasteiger partial charge on any atom is 0.116 e. The first kappa shape index (κ1) is 14.5. The first-order valence-corrected chi connectivity index (χ1v) is 8.21. The molecule has 0 saturated carbocycles. The van der Waals surface area contributed by atoms with E-state index in [1.165, 1.54) is 37.0 Å². The van der Waals surface area contributed by atoms with Crippen molar-refractivity contribution in [3.8, 4) is 0 Å². The van der Waals surface area contributed by atoms with Crippen molar-refractivity contribution in [2.75, 3.05) is 13.1 Å². The standard InChI is InChI=1S/C17H26N4/c1-4-6-17(7-10-18-11-8-17)16-20-14-12-19-9-5-15(14)21(16)13(2)3/h5,9,12-13,18H,4,6-8,10-11H2,1-3H3. The van der Waals surface area contributed by atoms with Gasteiger partial charge in [-0.2, -0.15) is 0 Å². The number of piperidine rings is 1. The second-order valence-electron chi connectivity index (χ2n) is 6.54. The zero-order valence-electron chi connectivity index (χ0n) is 13.4. The number of hydrogen-bond acceptors (Lipinski definition) is 3. The summed E-state index contributed by atoms with van der Waals surface area (Å²) in [6, 6.07) is 2.53. The van der Waals surface area contributed by atoms with Crippen molar-refractivity contribution < 1.29 is 0 Å². The summed E-state index contributed by atoms with van der Waals surface area (Å²) in [4.78, 5) is 9.27. The third-order valence-electron chi connectivity index (χ3n) is 4.77. The summed E-state index contributed by atoms with van der Waals surface area (Å²) in [5, 5.41) is 3.50. The van der Waals surface area contributed by atoms with E-state index in [4.69, 9.17) is 4.98 Å². The Hall–Kier alpha value is -1.42. The van der Waals surface area contributed by atoms with Crippen LogP contribution in [0.2, 0.25) is 0 Å². The van der Waals surface area contributed by atoms with E-state index in [1.54, 1.807) is 0 Å². The van der Waals surface area contributed by atoms with Crippen LogP contribution in [0, 0.1) is 0 Å². The van der Waals surface area contributed by atoms with E-state index >= 15 is 0 Å². The van der Waals surface area contributed by atoms with E-state index in [2.05, 4.69) is 41.7 Å². The Morgan fingerprint density at radius 3 is 2.76 bits per heavy atom. The number of pyridine rings is 1. The van der Waals surface area contributed by atoms with Gasteiger partial charge in [0.25, 0.3) is 0 Å². The van der Waals surface area contributed by atoms with Crippen LogP contribution < -0.4 is 5.32 Å². The Labute approximate surface area is 127 Å². The molecule has 2 aromatic heterocycles. The Balaban J connectivity index is 2.19. The van der Waals surface area contributed by atoms with Crippen molar-refractivity contribution >= 4 is 11.0 Å². The molecule has 0 aliphatic carbocycles. The Morgan fingerprint density at radius 1 is 1.33 bits per heavy atom. The molecule has 0 bridgehead atoms. The Bertz CT molecular complexity index is 603. The highest BCUT2D eigenvalue weighted by atomic mass is 15.1. The largest absolute Gasteiger partial charge is 0.325 e. The maximum absolute atomic E-state index is 5.02. The van der Waals surface area contributed by atoms with Gasteiger partial charge in [0.2, 0.25) is 0 Å². The van der Waals surface area contributed by atoms with Crippen LogP contribution in [0.15, 0.2) is 18.5 Å². The van der Waals surface area contributed by atoms with Gasteiger partial charge in [-0.25, -0.2) is 4.98 Å². The fraction of sp³-hybridized carbons (Fsp3) is 0.647. The number of hydrogen-bond donors (Lipinski definition) is 1. The normalized spacial score (nSPS) is 18.5. The van der Waals surface area contributed by atoms with Gasteiger partial charge in [0.1, 0.15) is 11.3 Å². The molecular formula is C17H26N4. The lowest BCUT2D eigenvalue weighted by atomic mass is 9.74. The average Bonchev–Trinajstić information content (AvgIpc) is 2.88. The van der Waals surface area contributed by atoms with E-state index in [0.29, 0.717) is 6.04 Å². The molecule has 0 spiro atoms. The highest BCUT2D eigenvalue weighted by Crippen LogP contribution is 2.39. The van der Waals surface area contributed by atoms with Gasteiger partial charge < -0.3 is 9.88 Å². The Kier molecular flexibility index (Phi) is 3.98. The van der Waals surface area contributed by atoms with Gasteiger partial charge in [-0.05, 0) is 52.3 Å². The minimum absolute atomic E-state index is 0.225. The fourth-order valence-electron chi connectivity index (χ4n) is 3.82. The Morgan fingerprint density at radius 2 is 2.10 bits per heavy atom. The molecule has 0 amide bonds. The molecule has 0 radical (unpaired) electrons. The van der Waals surface area contributed by atoms with Gasteiger partial charge in [-0.15, -0.1) is 0 Å². The van der Waals surface area contributed by atoms with Gasteiger partial charge in [-0.1, -0.05) is 13.3 Å². The lowest BCUT2D eigenvalue weighted by molar-refractivity contribution is 0.260. The van der Waals surface area contributed by atoms with Crippen LogP contribution in [0.25, 0.3) is 11.0 Å². The summed E-state index contributed by atoms with van der Waals surface area (Å²) in [5.41, 5.74) is 2.49. The molecule has 4 nitrogen and oxygen atoms in total. The smallest absolute Gasteiger partial charge is 0.116 e. The van der Waals surface area contributed by atoms with Gasteiger partial charge in [0.05, 0.1) is 11.7 Å².